The summed E-state index contributed by atoms with van der Waals surface area (Å²) in [5.74, 6) is -3.84. The lowest BCUT2D eigenvalue weighted by molar-refractivity contribution is -0.143. The highest BCUT2D eigenvalue weighted by atomic mass is 16.3. The summed E-state index contributed by atoms with van der Waals surface area (Å²) < 4.78 is 0. The molecule has 1 saturated carbocycles. The maximum Gasteiger partial charge on any atom is 0.316 e. The van der Waals surface area contributed by atoms with E-state index >= 15 is 0 Å². The van der Waals surface area contributed by atoms with Gasteiger partial charge in [0.15, 0.2) is 5.78 Å². The third kappa shape index (κ3) is 9.37. The van der Waals surface area contributed by atoms with Gasteiger partial charge < -0.3 is 31.7 Å². The number of hydrogen-bond acceptors (Lipinski definition) is 7. The molecule has 0 radical (unpaired) electrons. The van der Waals surface area contributed by atoms with Gasteiger partial charge in [-0.15, -0.1) is 0 Å². The van der Waals surface area contributed by atoms with Crippen LogP contribution >= 0.6 is 0 Å². The Bertz CT molecular complexity index is 1320. The number of amides is 5. The van der Waals surface area contributed by atoms with Gasteiger partial charge in [-0.05, 0) is 43.4 Å². The van der Waals surface area contributed by atoms with Gasteiger partial charge >= 0.3 is 6.03 Å². The molecule has 1 saturated heterocycles. The molecule has 1 aliphatic carbocycles. The molecule has 12 nitrogen and oxygen atoms in total. The van der Waals surface area contributed by atoms with Gasteiger partial charge in [0.2, 0.25) is 17.6 Å². The molecule has 1 aliphatic heterocycles. The maximum atomic E-state index is 14.3. The van der Waals surface area contributed by atoms with Crippen LogP contribution in [0.4, 0.5) is 4.79 Å². The average molecular weight is 642 g/mol. The van der Waals surface area contributed by atoms with Crippen molar-refractivity contribution in [2.75, 3.05) is 6.54 Å². The van der Waals surface area contributed by atoms with Gasteiger partial charge in [0.1, 0.15) is 12.1 Å². The van der Waals surface area contributed by atoms with E-state index in [1.165, 1.54) is 4.90 Å². The van der Waals surface area contributed by atoms with Gasteiger partial charge in [-0.25, -0.2) is 4.79 Å². The van der Waals surface area contributed by atoms with E-state index in [-0.39, 0.29) is 31.1 Å². The molecule has 3 rings (SSSR count). The van der Waals surface area contributed by atoms with Crippen molar-refractivity contribution in [2.45, 2.75) is 111 Å². The predicted molar refractivity (Wildman–Crippen MR) is 172 cm³/mol. The van der Waals surface area contributed by atoms with Crippen LogP contribution in [0.25, 0.3) is 0 Å². The second-order valence-electron chi connectivity index (χ2n) is 15.5. The number of carbonyl (C=O) groups excluding carboxylic acids is 6. The first kappa shape index (κ1) is 36.7. The zero-order chi connectivity index (χ0) is 34.8. The second kappa shape index (κ2) is 13.9. The number of benzene rings is 1. The zero-order valence-corrected chi connectivity index (χ0v) is 28.3. The van der Waals surface area contributed by atoms with Crippen molar-refractivity contribution in [3.8, 4) is 0 Å². The third-order valence-corrected chi connectivity index (χ3v) is 8.88. The van der Waals surface area contributed by atoms with Crippen LogP contribution in [0.2, 0.25) is 0 Å². The molecule has 5 atom stereocenters. The van der Waals surface area contributed by atoms with Gasteiger partial charge in [0, 0.05) is 18.0 Å². The highest BCUT2D eigenvalue weighted by Gasteiger charge is 2.49. The molecule has 1 aromatic rings. The number of urea groups is 1. The zero-order valence-electron chi connectivity index (χ0n) is 28.3. The molecule has 1 unspecified atom stereocenters. The molecule has 254 valence electrons. The van der Waals surface area contributed by atoms with Gasteiger partial charge in [-0.2, -0.15) is 0 Å². The first-order valence-electron chi connectivity index (χ1n) is 15.9. The summed E-state index contributed by atoms with van der Waals surface area (Å²) in [5, 5.41) is 19.0. The van der Waals surface area contributed by atoms with Crippen LogP contribution in [-0.4, -0.2) is 81.6 Å². The van der Waals surface area contributed by atoms with Gasteiger partial charge in [0.25, 0.3) is 5.91 Å². The highest BCUT2D eigenvalue weighted by Crippen LogP contribution is 2.36. The van der Waals surface area contributed by atoms with Gasteiger partial charge in [-0.3, -0.25) is 24.0 Å². The first-order chi connectivity index (χ1) is 21.1. The summed E-state index contributed by atoms with van der Waals surface area (Å²) in [6.45, 7) is 14.0. The van der Waals surface area contributed by atoms with Crippen molar-refractivity contribution in [3.63, 3.8) is 0 Å². The number of likely N-dealkylation sites (tertiary alicyclic amines) is 1. The van der Waals surface area contributed by atoms with E-state index in [1.54, 1.807) is 65.0 Å². The lowest BCUT2D eigenvalue weighted by Gasteiger charge is -2.37. The van der Waals surface area contributed by atoms with Crippen LogP contribution in [0.5, 0.6) is 0 Å². The Kier molecular flexibility index (Phi) is 11.1. The molecule has 2 fully saturated rings. The Morgan fingerprint density at radius 1 is 0.870 bits per heavy atom. The molecular weight excluding hydrogens is 590 g/mol. The third-order valence-electron chi connectivity index (χ3n) is 8.88. The van der Waals surface area contributed by atoms with Crippen LogP contribution in [-0.2, 0) is 19.2 Å². The van der Waals surface area contributed by atoms with Crippen molar-refractivity contribution in [1.29, 1.82) is 0 Å². The summed E-state index contributed by atoms with van der Waals surface area (Å²) in [6, 6.07) is 3.64. The number of nitrogens with two attached hydrogens (primary N) is 1. The van der Waals surface area contributed by atoms with E-state index in [0.29, 0.717) is 5.56 Å². The Hall–Kier alpha value is -3.80. The quantitative estimate of drug-likeness (QED) is 0.171. The smallest absolute Gasteiger partial charge is 0.316 e. The maximum absolute atomic E-state index is 14.3. The minimum atomic E-state index is -1.25. The number of nitrogens with one attached hydrogen (secondary N) is 3. The molecular formula is C34H51N5O7. The van der Waals surface area contributed by atoms with Crippen LogP contribution in [0.1, 0.15) is 91.4 Å². The fraction of sp³-hybridized carbons (Fsp3) is 0.647. The minimum Gasteiger partial charge on any atom is -0.390 e. The van der Waals surface area contributed by atoms with Crippen LogP contribution < -0.4 is 21.7 Å². The van der Waals surface area contributed by atoms with Crippen LogP contribution in [0.3, 0.4) is 0 Å². The summed E-state index contributed by atoms with van der Waals surface area (Å²) in [7, 11) is 0. The number of rotatable bonds is 12. The molecule has 0 aromatic heterocycles. The fourth-order valence-corrected chi connectivity index (χ4v) is 5.76. The van der Waals surface area contributed by atoms with E-state index in [9.17, 15) is 33.9 Å². The number of aliphatic hydroxyl groups is 1. The lowest BCUT2D eigenvalue weighted by Crippen LogP contribution is -2.61. The number of carbonyl (C=O) groups is 6. The minimum absolute atomic E-state index is 0.0183. The van der Waals surface area contributed by atoms with Crippen molar-refractivity contribution >= 4 is 35.3 Å². The normalized spacial score (nSPS) is 20.7. The Labute approximate surface area is 271 Å². The molecule has 46 heavy (non-hydrogen) atoms. The molecule has 1 heterocycles. The summed E-state index contributed by atoms with van der Waals surface area (Å²) in [4.78, 5) is 80.5. The van der Waals surface area contributed by atoms with E-state index < -0.39 is 76.1 Å². The standard InChI is InChI=1S/C34H51N5O7/c1-32(2,3)26(24(40)20-12-10-9-11-13-20)37-31(45)38-27(33(4,5)6)30(44)39-18-21(34(7,8)46)17-23(39)29(43)36-22(16-19-14-15-19)25(41)28(35)42/h9-13,19,21-23,26-27,46H,14-18H2,1-8H3,(H2,35,42)(H,36,43)(H2,37,38,45)/t21-,22?,23+,26-,27-/m1/s1. The molecule has 12 heteroatoms. The second-order valence-corrected chi connectivity index (χ2v) is 15.5. The number of hydrogen-bond donors (Lipinski definition) is 5. The number of ketones is 2. The Balaban J connectivity index is 1.87. The highest BCUT2D eigenvalue weighted by molar-refractivity contribution is 6.37. The summed E-state index contributed by atoms with van der Waals surface area (Å²) in [5.41, 5.74) is 2.95. The predicted octanol–water partition coefficient (Wildman–Crippen LogP) is 2.33. The van der Waals surface area contributed by atoms with Crippen molar-refractivity contribution in [3.05, 3.63) is 35.9 Å². The average Bonchev–Trinajstić information content (AvgIpc) is 3.64. The molecule has 6 N–H and O–H groups in total. The van der Waals surface area contributed by atoms with E-state index in [1.807, 2.05) is 20.8 Å². The van der Waals surface area contributed by atoms with Crippen LogP contribution in [0, 0.1) is 22.7 Å². The molecule has 0 bridgehead atoms. The van der Waals surface area contributed by atoms with Gasteiger partial charge in [0.05, 0.1) is 17.7 Å². The number of nitrogens with zero attached hydrogens (tertiary/aromatic N) is 1. The Morgan fingerprint density at radius 2 is 1.41 bits per heavy atom. The summed E-state index contributed by atoms with van der Waals surface area (Å²) >= 11 is 0. The molecule has 0 spiro atoms. The summed E-state index contributed by atoms with van der Waals surface area (Å²) in [6.07, 6.45) is 2.12. The molecule has 5 amide bonds. The molecule has 1 aromatic carbocycles. The van der Waals surface area contributed by atoms with Gasteiger partial charge in [-0.1, -0.05) is 84.7 Å². The van der Waals surface area contributed by atoms with Crippen molar-refractivity contribution in [2.24, 2.45) is 28.4 Å². The van der Waals surface area contributed by atoms with Crippen molar-refractivity contribution in [1.82, 2.24) is 20.9 Å². The van der Waals surface area contributed by atoms with E-state index in [4.69, 9.17) is 5.73 Å². The van der Waals surface area contributed by atoms with Crippen LogP contribution in [0.15, 0.2) is 30.3 Å². The largest absolute Gasteiger partial charge is 0.390 e. The monoisotopic (exact) mass is 641 g/mol. The lowest BCUT2D eigenvalue weighted by atomic mass is 9.82. The van der Waals surface area contributed by atoms with E-state index in [0.717, 1.165) is 12.8 Å². The number of Topliss-reactive ketones (excluding diaryl/α,β-unsaturated/α-hetero) is 2. The molecule has 2 aliphatic rings. The van der Waals surface area contributed by atoms with Crippen molar-refractivity contribution < 1.29 is 33.9 Å². The first-order valence-corrected chi connectivity index (χ1v) is 15.9. The van der Waals surface area contributed by atoms with E-state index in [2.05, 4.69) is 16.0 Å². The topological polar surface area (TPSA) is 188 Å². The number of primary amides is 1. The SMILES string of the molecule is CC(C)(C)[C@H](NC(=O)N[C@H](C(=O)N1C[C@H](C(C)(C)O)C[C@H]1C(=O)NC(CC1CC1)C(=O)C(N)=O)C(C)(C)C)C(=O)c1ccccc1. The Morgan fingerprint density at radius 3 is 1.89 bits per heavy atom. The fourth-order valence-electron chi connectivity index (χ4n) is 5.76.